The first kappa shape index (κ1) is 15.8. The minimum atomic E-state index is -0.0900. The van der Waals surface area contributed by atoms with Crippen LogP contribution in [-0.4, -0.2) is 17.6 Å². The number of aromatic hydroxyl groups is 1. The Kier molecular flexibility index (Phi) is 6.24. The van der Waals surface area contributed by atoms with Crippen molar-refractivity contribution in [3.8, 4) is 5.75 Å². The van der Waals surface area contributed by atoms with Gasteiger partial charge in [0.2, 0.25) is 5.91 Å². The van der Waals surface area contributed by atoms with E-state index in [-0.39, 0.29) is 11.7 Å². The van der Waals surface area contributed by atoms with Crippen LogP contribution in [0.15, 0.2) is 60.7 Å². The molecule has 3 nitrogen and oxygen atoms in total. The van der Waals surface area contributed by atoms with E-state index in [9.17, 15) is 9.90 Å². The van der Waals surface area contributed by atoms with E-state index in [0.717, 1.165) is 24.8 Å². The number of hydrogen-bond acceptors (Lipinski definition) is 2. The van der Waals surface area contributed by atoms with Crippen molar-refractivity contribution in [1.82, 2.24) is 5.32 Å². The smallest absolute Gasteiger partial charge is 0.243 e. The fourth-order valence-corrected chi connectivity index (χ4v) is 2.13. The van der Waals surface area contributed by atoms with E-state index in [1.54, 1.807) is 30.3 Å². The minimum Gasteiger partial charge on any atom is -0.508 e. The zero-order valence-corrected chi connectivity index (χ0v) is 12.5. The van der Waals surface area contributed by atoms with Crippen LogP contribution in [0.1, 0.15) is 24.0 Å². The van der Waals surface area contributed by atoms with E-state index in [0.29, 0.717) is 6.54 Å². The van der Waals surface area contributed by atoms with Crippen LogP contribution in [0, 0.1) is 0 Å². The highest BCUT2D eigenvalue weighted by molar-refractivity contribution is 5.91. The van der Waals surface area contributed by atoms with Gasteiger partial charge in [0.1, 0.15) is 5.75 Å². The van der Waals surface area contributed by atoms with E-state index in [1.165, 1.54) is 11.6 Å². The Morgan fingerprint density at radius 2 is 1.73 bits per heavy atom. The summed E-state index contributed by atoms with van der Waals surface area (Å²) in [5, 5.41) is 12.1. The predicted octanol–water partition coefficient (Wildman–Crippen LogP) is 3.54. The van der Waals surface area contributed by atoms with Crippen LogP contribution in [0.4, 0.5) is 0 Å². The molecule has 0 aliphatic rings. The molecule has 2 rings (SSSR count). The zero-order valence-electron chi connectivity index (χ0n) is 12.5. The Labute approximate surface area is 131 Å². The summed E-state index contributed by atoms with van der Waals surface area (Å²) in [6.07, 6.45) is 6.32. The predicted molar refractivity (Wildman–Crippen MR) is 89.5 cm³/mol. The number of phenolic OH excluding ortho intramolecular Hbond substituents is 1. The monoisotopic (exact) mass is 295 g/mol. The van der Waals surface area contributed by atoms with Crippen LogP contribution in [0.25, 0.3) is 6.08 Å². The highest BCUT2D eigenvalue weighted by Crippen LogP contribution is 2.10. The molecule has 2 aromatic carbocycles. The number of amides is 1. The lowest BCUT2D eigenvalue weighted by Crippen LogP contribution is -2.22. The number of aryl methyl sites for hydroxylation is 1. The maximum Gasteiger partial charge on any atom is 0.243 e. The molecule has 0 aromatic heterocycles. The molecule has 0 saturated heterocycles. The first-order valence-corrected chi connectivity index (χ1v) is 7.53. The van der Waals surface area contributed by atoms with Gasteiger partial charge in [-0.2, -0.15) is 0 Å². The summed E-state index contributed by atoms with van der Waals surface area (Å²) >= 11 is 0. The van der Waals surface area contributed by atoms with Gasteiger partial charge in [0.05, 0.1) is 0 Å². The Morgan fingerprint density at radius 1 is 1.00 bits per heavy atom. The van der Waals surface area contributed by atoms with Crippen LogP contribution in [0.5, 0.6) is 5.75 Å². The van der Waals surface area contributed by atoms with Crippen molar-refractivity contribution in [2.75, 3.05) is 6.54 Å². The van der Waals surface area contributed by atoms with Gasteiger partial charge in [-0.1, -0.05) is 42.5 Å². The van der Waals surface area contributed by atoms with Crippen molar-refractivity contribution in [3.05, 3.63) is 71.8 Å². The third-order valence-corrected chi connectivity index (χ3v) is 3.35. The Morgan fingerprint density at radius 3 is 2.45 bits per heavy atom. The Balaban J connectivity index is 1.62. The maximum atomic E-state index is 11.7. The minimum absolute atomic E-state index is 0.0900. The lowest BCUT2D eigenvalue weighted by Gasteiger charge is -2.03. The van der Waals surface area contributed by atoms with E-state index in [1.807, 2.05) is 18.2 Å². The summed E-state index contributed by atoms with van der Waals surface area (Å²) < 4.78 is 0. The van der Waals surface area contributed by atoms with Crippen molar-refractivity contribution in [3.63, 3.8) is 0 Å². The number of carbonyl (C=O) groups is 1. The fourth-order valence-electron chi connectivity index (χ4n) is 2.13. The fraction of sp³-hybridized carbons (Fsp3) is 0.211. The third kappa shape index (κ3) is 5.83. The summed E-state index contributed by atoms with van der Waals surface area (Å²) in [6.45, 7) is 0.686. The molecule has 0 aliphatic carbocycles. The van der Waals surface area contributed by atoms with Gasteiger partial charge in [-0.3, -0.25) is 4.79 Å². The number of unbranched alkanes of at least 4 members (excludes halogenated alkanes) is 1. The molecule has 0 fully saturated rings. The number of phenols is 1. The lowest BCUT2D eigenvalue weighted by molar-refractivity contribution is -0.116. The number of benzene rings is 2. The van der Waals surface area contributed by atoms with Crippen LogP contribution < -0.4 is 5.32 Å². The van der Waals surface area contributed by atoms with Crippen LogP contribution in [-0.2, 0) is 11.2 Å². The summed E-state index contributed by atoms with van der Waals surface area (Å²) in [6, 6.07) is 17.1. The number of nitrogens with one attached hydrogen (secondary N) is 1. The molecule has 1 amide bonds. The van der Waals surface area contributed by atoms with Crippen molar-refractivity contribution < 1.29 is 9.90 Å². The van der Waals surface area contributed by atoms with Crippen LogP contribution >= 0.6 is 0 Å². The molecular weight excluding hydrogens is 274 g/mol. The normalized spacial score (nSPS) is 10.7. The summed E-state index contributed by atoms with van der Waals surface area (Å²) in [7, 11) is 0. The topological polar surface area (TPSA) is 49.3 Å². The van der Waals surface area contributed by atoms with Gasteiger partial charge < -0.3 is 10.4 Å². The van der Waals surface area contributed by atoms with Gasteiger partial charge in [0.15, 0.2) is 0 Å². The molecule has 2 aromatic rings. The number of rotatable bonds is 7. The SMILES string of the molecule is O=C(C=Cc1ccc(O)cc1)NCCCCc1ccccc1. The highest BCUT2D eigenvalue weighted by Gasteiger charge is 1.96. The molecule has 114 valence electrons. The quantitative estimate of drug-likeness (QED) is 0.606. The zero-order chi connectivity index (χ0) is 15.6. The molecule has 0 radical (unpaired) electrons. The van der Waals surface area contributed by atoms with Gasteiger partial charge >= 0.3 is 0 Å². The lowest BCUT2D eigenvalue weighted by atomic mass is 10.1. The molecular formula is C19H21NO2. The second-order valence-electron chi connectivity index (χ2n) is 5.16. The van der Waals surface area contributed by atoms with Gasteiger partial charge in [-0.25, -0.2) is 0 Å². The molecule has 0 spiro atoms. The maximum absolute atomic E-state index is 11.7. The second kappa shape index (κ2) is 8.67. The number of hydrogen-bond donors (Lipinski definition) is 2. The number of carbonyl (C=O) groups excluding carboxylic acids is 1. The molecule has 0 unspecified atom stereocenters. The van der Waals surface area contributed by atoms with Crippen molar-refractivity contribution in [2.24, 2.45) is 0 Å². The van der Waals surface area contributed by atoms with Crippen LogP contribution in [0.3, 0.4) is 0 Å². The molecule has 0 bridgehead atoms. The summed E-state index contributed by atoms with van der Waals surface area (Å²) in [5.74, 6) is 0.132. The standard InChI is InChI=1S/C19H21NO2/c21-18-12-9-17(10-13-18)11-14-19(22)20-15-5-4-8-16-6-2-1-3-7-16/h1-3,6-7,9-14,21H,4-5,8,15H2,(H,20,22). The van der Waals surface area contributed by atoms with Crippen molar-refractivity contribution in [2.45, 2.75) is 19.3 Å². The average molecular weight is 295 g/mol. The van der Waals surface area contributed by atoms with Gasteiger partial charge in [0.25, 0.3) is 0 Å². The average Bonchev–Trinajstić information content (AvgIpc) is 2.55. The largest absolute Gasteiger partial charge is 0.508 e. The first-order valence-electron chi connectivity index (χ1n) is 7.53. The van der Waals surface area contributed by atoms with E-state index in [2.05, 4.69) is 17.4 Å². The molecule has 0 saturated carbocycles. The van der Waals surface area contributed by atoms with E-state index in [4.69, 9.17) is 0 Å². The Hall–Kier alpha value is -2.55. The molecule has 0 heterocycles. The van der Waals surface area contributed by atoms with Crippen LogP contribution in [0.2, 0.25) is 0 Å². The van der Waals surface area contributed by atoms with Gasteiger partial charge in [-0.05, 0) is 48.6 Å². The molecule has 0 aliphatic heterocycles. The Bertz CT molecular complexity index is 603. The second-order valence-corrected chi connectivity index (χ2v) is 5.16. The summed E-state index contributed by atoms with van der Waals surface area (Å²) in [5.41, 5.74) is 2.22. The van der Waals surface area contributed by atoms with Gasteiger partial charge in [-0.15, -0.1) is 0 Å². The third-order valence-electron chi connectivity index (χ3n) is 3.35. The first-order chi connectivity index (χ1) is 10.7. The molecule has 2 N–H and O–H groups in total. The van der Waals surface area contributed by atoms with E-state index < -0.39 is 0 Å². The summed E-state index contributed by atoms with van der Waals surface area (Å²) in [4.78, 5) is 11.7. The van der Waals surface area contributed by atoms with Crippen molar-refractivity contribution in [1.29, 1.82) is 0 Å². The molecule has 22 heavy (non-hydrogen) atoms. The van der Waals surface area contributed by atoms with Crippen molar-refractivity contribution >= 4 is 12.0 Å². The highest BCUT2D eigenvalue weighted by atomic mass is 16.3. The van der Waals surface area contributed by atoms with E-state index >= 15 is 0 Å². The molecule has 3 heteroatoms. The van der Waals surface area contributed by atoms with Gasteiger partial charge in [0, 0.05) is 12.6 Å². The molecule has 0 atom stereocenters.